The third-order valence-electron chi connectivity index (χ3n) is 6.03. The summed E-state index contributed by atoms with van der Waals surface area (Å²) in [5.74, 6) is 1.56. The number of benzene rings is 1. The molecule has 0 unspecified atom stereocenters. The SMILES string of the molecule is CNC(=O)c1ccc(Nc2ncc3c(n2)N(C(C)C)CC2(CC2)C(=O)N3C)c(OC)c1. The first-order chi connectivity index (χ1) is 14.8. The topological polar surface area (TPSA) is 99.7 Å². The Morgan fingerprint density at radius 2 is 2.03 bits per heavy atom. The van der Waals surface area contributed by atoms with Gasteiger partial charge in [-0.2, -0.15) is 4.98 Å². The number of carbonyl (C=O) groups is 2. The van der Waals surface area contributed by atoms with E-state index in [1.54, 1.807) is 50.5 Å². The molecule has 2 N–H and O–H groups in total. The molecule has 2 aromatic rings. The fourth-order valence-electron chi connectivity index (χ4n) is 3.96. The van der Waals surface area contributed by atoms with Gasteiger partial charge < -0.3 is 25.2 Å². The van der Waals surface area contributed by atoms with Gasteiger partial charge in [0.2, 0.25) is 11.9 Å². The highest BCUT2D eigenvalue weighted by molar-refractivity contribution is 6.02. The van der Waals surface area contributed by atoms with Gasteiger partial charge in [0, 0.05) is 32.2 Å². The molecule has 31 heavy (non-hydrogen) atoms. The second-order valence-electron chi connectivity index (χ2n) is 8.39. The molecule has 1 aromatic heterocycles. The van der Waals surface area contributed by atoms with Crippen LogP contribution in [0.25, 0.3) is 0 Å². The minimum Gasteiger partial charge on any atom is -0.495 e. The lowest BCUT2D eigenvalue weighted by Crippen LogP contribution is -2.40. The van der Waals surface area contributed by atoms with Gasteiger partial charge in [-0.25, -0.2) is 4.98 Å². The fourth-order valence-corrected chi connectivity index (χ4v) is 3.96. The summed E-state index contributed by atoms with van der Waals surface area (Å²) >= 11 is 0. The van der Waals surface area contributed by atoms with Crippen LogP contribution in [0.4, 0.5) is 23.1 Å². The van der Waals surface area contributed by atoms with Crippen LogP contribution >= 0.6 is 0 Å². The van der Waals surface area contributed by atoms with Gasteiger partial charge in [0.15, 0.2) is 5.82 Å². The highest BCUT2D eigenvalue weighted by Gasteiger charge is 2.54. The molecule has 0 saturated heterocycles. The minimum absolute atomic E-state index is 0.132. The second-order valence-corrected chi connectivity index (χ2v) is 8.39. The van der Waals surface area contributed by atoms with Crippen molar-refractivity contribution in [2.75, 3.05) is 42.9 Å². The average molecular weight is 425 g/mol. The largest absolute Gasteiger partial charge is 0.495 e. The summed E-state index contributed by atoms with van der Waals surface area (Å²) in [6.07, 6.45) is 3.49. The molecule has 0 radical (unpaired) electrons. The van der Waals surface area contributed by atoms with E-state index in [1.807, 2.05) is 0 Å². The lowest BCUT2D eigenvalue weighted by molar-refractivity contribution is -0.122. The molecule has 0 atom stereocenters. The molecule has 9 nitrogen and oxygen atoms in total. The number of ether oxygens (including phenoxy) is 1. The van der Waals surface area contributed by atoms with Gasteiger partial charge in [0.1, 0.15) is 11.4 Å². The number of nitrogens with one attached hydrogen (secondary N) is 2. The molecule has 9 heteroatoms. The lowest BCUT2D eigenvalue weighted by Gasteiger charge is -2.29. The van der Waals surface area contributed by atoms with Gasteiger partial charge >= 0.3 is 0 Å². The zero-order valence-corrected chi connectivity index (χ0v) is 18.5. The number of hydrogen-bond donors (Lipinski definition) is 2. The van der Waals surface area contributed by atoms with Gasteiger partial charge in [0.25, 0.3) is 5.91 Å². The van der Waals surface area contributed by atoms with Crippen LogP contribution in [0.3, 0.4) is 0 Å². The second kappa shape index (κ2) is 7.72. The summed E-state index contributed by atoms with van der Waals surface area (Å²) in [6.45, 7) is 4.86. The quantitative estimate of drug-likeness (QED) is 0.761. The summed E-state index contributed by atoms with van der Waals surface area (Å²) in [4.78, 5) is 38.0. The number of aromatic nitrogens is 2. The normalized spacial score (nSPS) is 16.8. The van der Waals surface area contributed by atoms with Gasteiger partial charge in [-0.05, 0) is 44.9 Å². The van der Waals surface area contributed by atoms with E-state index in [9.17, 15) is 9.59 Å². The standard InChI is InChI=1S/C22H28N6O3/c1-13(2)28-12-22(8-9-22)20(30)27(4)16-11-24-21(26-18(16)28)25-15-7-6-14(19(29)23-3)10-17(15)31-5/h6-7,10-11,13H,8-9,12H2,1-5H3,(H,23,29)(H,24,25,26). The maximum Gasteiger partial charge on any atom is 0.251 e. The Balaban J connectivity index is 1.70. The van der Waals surface area contributed by atoms with E-state index >= 15 is 0 Å². The smallest absolute Gasteiger partial charge is 0.251 e. The van der Waals surface area contributed by atoms with E-state index in [0.717, 1.165) is 18.7 Å². The van der Waals surface area contributed by atoms with E-state index in [4.69, 9.17) is 9.72 Å². The number of rotatable bonds is 5. The number of methoxy groups -OCH3 is 1. The third kappa shape index (κ3) is 3.64. The Bertz CT molecular complexity index is 1030. The van der Waals surface area contributed by atoms with Crippen molar-refractivity contribution in [3.8, 4) is 5.75 Å². The summed E-state index contributed by atoms with van der Waals surface area (Å²) < 4.78 is 5.45. The first-order valence-corrected chi connectivity index (χ1v) is 10.4. The van der Waals surface area contributed by atoms with E-state index in [2.05, 4.69) is 34.4 Å². The molecule has 4 rings (SSSR count). The molecule has 2 heterocycles. The van der Waals surface area contributed by atoms with Crippen LogP contribution in [0.5, 0.6) is 5.75 Å². The summed E-state index contributed by atoms with van der Waals surface area (Å²) in [5, 5.41) is 5.79. The zero-order valence-electron chi connectivity index (χ0n) is 18.5. The Morgan fingerprint density at radius 1 is 1.29 bits per heavy atom. The highest BCUT2D eigenvalue weighted by atomic mass is 16.5. The van der Waals surface area contributed by atoms with Gasteiger partial charge in [-0.15, -0.1) is 0 Å². The Hall–Kier alpha value is -3.36. The van der Waals surface area contributed by atoms with Crippen molar-refractivity contribution >= 4 is 35.0 Å². The van der Waals surface area contributed by atoms with Gasteiger partial charge in [-0.1, -0.05) is 0 Å². The molecule has 2 amide bonds. The maximum absolute atomic E-state index is 13.0. The van der Waals surface area contributed by atoms with Crippen molar-refractivity contribution in [1.29, 1.82) is 0 Å². The van der Waals surface area contributed by atoms with Crippen molar-refractivity contribution in [1.82, 2.24) is 15.3 Å². The van der Waals surface area contributed by atoms with Crippen LogP contribution < -0.4 is 25.2 Å². The van der Waals surface area contributed by atoms with Crippen LogP contribution in [0.15, 0.2) is 24.4 Å². The van der Waals surface area contributed by atoms with E-state index in [1.165, 1.54) is 0 Å². The van der Waals surface area contributed by atoms with Gasteiger partial charge in [0.05, 0.1) is 24.4 Å². The number of amides is 2. The molecular weight excluding hydrogens is 396 g/mol. The van der Waals surface area contributed by atoms with E-state index in [-0.39, 0.29) is 23.3 Å². The Morgan fingerprint density at radius 3 is 2.65 bits per heavy atom. The minimum atomic E-state index is -0.313. The van der Waals surface area contributed by atoms with Crippen LogP contribution in [-0.4, -0.2) is 55.6 Å². The predicted octanol–water partition coefficient (Wildman–Crippen LogP) is 2.56. The first kappa shape index (κ1) is 20.9. The number of hydrogen-bond acceptors (Lipinski definition) is 7. The zero-order chi connectivity index (χ0) is 22.3. The van der Waals surface area contributed by atoms with Crippen molar-refractivity contribution in [2.24, 2.45) is 5.41 Å². The Labute approximate surface area is 181 Å². The molecule has 0 bridgehead atoms. The predicted molar refractivity (Wildman–Crippen MR) is 119 cm³/mol. The fraction of sp³-hybridized carbons (Fsp3) is 0.455. The van der Waals surface area contributed by atoms with Crippen molar-refractivity contribution in [3.05, 3.63) is 30.0 Å². The molecule has 1 saturated carbocycles. The van der Waals surface area contributed by atoms with Crippen LogP contribution in [0.2, 0.25) is 0 Å². The van der Waals surface area contributed by atoms with Gasteiger partial charge in [-0.3, -0.25) is 9.59 Å². The first-order valence-electron chi connectivity index (χ1n) is 10.4. The number of anilines is 4. The number of nitrogens with zero attached hydrogens (tertiary/aromatic N) is 4. The lowest BCUT2D eigenvalue weighted by atomic mass is 10.1. The highest BCUT2D eigenvalue weighted by Crippen LogP contribution is 2.51. The Kier molecular flexibility index (Phi) is 5.20. The molecule has 164 valence electrons. The number of fused-ring (bicyclic) bond motifs is 1. The average Bonchev–Trinajstić information content (AvgIpc) is 3.57. The summed E-state index contributed by atoms with van der Waals surface area (Å²) in [5.41, 5.74) is 1.53. The molecule has 1 spiro atoms. The monoisotopic (exact) mass is 424 g/mol. The third-order valence-corrected chi connectivity index (χ3v) is 6.03. The molecule has 2 aliphatic rings. The van der Waals surface area contributed by atoms with Crippen LogP contribution in [0.1, 0.15) is 37.0 Å². The van der Waals surface area contributed by atoms with Crippen molar-refractivity contribution < 1.29 is 14.3 Å². The molecule has 1 aromatic carbocycles. The van der Waals surface area contributed by atoms with Crippen molar-refractivity contribution in [3.63, 3.8) is 0 Å². The molecule has 1 aliphatic carbocycles. The molecular formula is C22H28N6O3. The van der Waals surface area contributed by atoms with E-state index < -0.39 is 0 Å². The van der Waals surface area contributed by atoms with E-state index in [0.29, 0.717) is 35.2 Å². The van der Waals surface area contributed by atoms with Crippen molar-refractivity contribution in [2.45, 2.75) is 32.7 Å². The summed E-state index contributed by atoms with van der Waals surface area (Å²) in [7, 11) is 4.92. The molecule has 1 fully saturated rings. The maximum atomic E-state index is 13.0. The van der Waals surface area contributed by atoms with Crippen LogP contribution in [-0.2, 0) is 4.79 Å². The summed E-state index contributed by atoms with van der Waals surface area (Å²) in [6, 6.07) is 5.30. The van der Waals surface area contributed by atoms with Crippen LogP contribution in [0, 0.1) is 5.41 Å². The number of carbonyl (C=O) groups excluding carboxylic acids is 2. The molecule has 1 aliphatic heterocycles.